The fraction of sp³-hybridized carbons (Fsp3) is 1.00. The molecular weight excluding hydrogens is 156 g/mol. The summed E-state index contributed by atoms with van der Waals surface area (Å²) in [5, 5.41) is 0. The molecule has 4 nitrogen and oxygen atoms in total. The van der Waals surface area contributed by atoms with Crippen molar-refractivity contribution in [2.75, 3.05) is 20.8 Å². The van der Waals surface area contributed by atoms with E-state index in [9.17, 15) is 0 Å². The quantitative estimate of drug-likeness (QED) is 0.451. The SMILES string of the molecule is COCC(CC(C)(C)OC)NN. The third-order valence-corrected chi connectivity index (χ3v) is 1.89. The molecule has 12 heavy (non-hydrogen) atoms. The number of hydrogen-bond donors (Lipinski definition) is 2. The van der Waals surface area contributed by atoms with Gasteiger partial charge in [-0.15, -0.1) is 0 Å². The maximum atomic E-state index is 5.34. The van der Waals surface area contributed by atoms with Gasteiger partial charge in [0.15, 0.2) is 0 Å². The van der Waals surface area contributed by atoms with Crippen molar-refractivity contribution in [3.8, 4) is 0 Å². The van der Waals surface area contributed by atoms with Gasteiger partial charge in [-0.3, -0.25) is 11.3 Å². The Labute approximate surface area is 74.4 Å². The summed E-state index contributed by atoms with van der Waals surface area (Å²) in [5.74, 6) is 5.34. The van der Waals surface area contributed by atoms with Crippen LogP contribution in [-0.2, 0) is 9.47 Å². The van der Waals surface area contributed by atoms with Gasteiger partial charge in [-0.1, -0.05) is 0 Å². The minimum absolute atomic E-state index is 0.143. The van der Waals surface area contributed by atoms with E-state index in [0.717, 1.165) is 6.42 Å². The van der Waals surface area contributed by atoms with Gasteiger partial charge in [-0.05, 0) is 20.3 Å². The van der Waals surface area contributed by atoms with Crippen molar-refractivity contribution in [3.63, 3.8) is 0 Å². The number of ether oxygens (including phenoxy) is 2. The van der Waals surface area contributed by atoms with Gasteiger partial charge in [0.25, 0.3) is 0 Å². The Morgan fingerprint density at radius 2 is 2.00 bits per heavy atom. The molecule has 0 aliphatic heterocycles. The maximum Gasteiger partial charge on any atom is 0.0639 e. The molecule has 1 unspecified atom stereocenters. The number of hydrazine groups is 1. The molecule has 0 bridgehead atoms. The molecule has 0 amide bonds. The van der Waals surface area contributed by atoms with Crippen LogP contribution in [0.4, 0.5) is 0 Å². The van der Waals surface area contributed by atoms with Gasteiger partial charge in [-0.2, -0.15) is 0 Å². The van der Waals surface area contributed by atoms with E-state index in [4.69, 9.17) is 15.3 Å². The lowest BCUT2D eigenvalue weighted by Gasteiger charge is -2.27. The molecule has 0 spiro atoms. The van der Waals surface area contributed by atoms with Gasteiger partial charge >= 0.3 is 0 Å². The molecule has 0 saturated heterocycles. The molecule has 0 saturated carbocycles. The monoisotopic (exact) mass is 176 g/mol. The third-order valence-electron chi connectivity index (χ3n) is 1.89. The molecule has 1 atom stereocenters. The second-order valence-corrected chi connectivity index (χ2v) is 3.49. The predicted molar refractivity (Wildman–Crippen MR) is 48.7 cm³/mol. The first-order valence-electron chi connectivity index (χ1n) is 4.06. The molecule has 0 aromatic heterocycles. The first-order chi connectivity index (χ1) is 5.55. The largest absolute Gasteiger partial charge is 0.383 e. The van der Waals surface area contributed by atoms with Crippen LogP contribution in [-0.4, -0.2) is 32.5 Å². The van der Waals surface area contributed by atoms with E-state index in [2.05, 4.69) is 5.43 Å². The number of rotatable bonds is 6. The molecule has 0 aromatic carbocycles. The third kappa shape index (κ3) is 4.66. The minimum atomic E-state index is -0.157. The lowest BCUT2D eigenvalue weighted by Crippen LogP contribution is -2.43. The van der Waals surface area contributed by atoms with Crippen molar-refractivity contribution in [1.29, 1.82) is 0 Å². The van der Waals surface area contributed by atoms with Crippen LogP contribution in [0.2, 0.25) is 0 Å². The van der Waals surface area contributed by atoms with Crippen molar-refractivity contribution in [3.05, 3.63) is 0 Å². The summed E-state index contributed by atoms with van der Waals surface area (Å²) in [7, 11) is 3.35. The molecular formula is C8H20N2O2. The molecule has 0 rings (SSSR count). The number of nitrogens with two attached hydrogens (primary N) is 1. The fourth-order valence-electron chi connectivity index (χ4n) is 1.04. The lowest BCUT2D eigenvalue weighted by molar-refractivity contribution is -0.00102. The van der Waals surface area contributed by atoms with Crippen molar-refractivity contribution < 1.29 is 9.47 Å². The molecule has 74 valence electrons. The Balaban J connectivity index is 3.83. The van der Waals surface area contributed by atoms with Gasteiger partial charge in [0, 0.05) is 20.3 Å². The molecule has 0 aliphatic rings. The van der Waals surface area contributed by atoms with E-state index in [1.165, 1.54) is 0 Å². The van der Waals surface area contributed by atoms with Crippen LogP contribution in [0, 0.1) is 0 Å². The normalized spacial score (nSPS) is 14.8. The zero-order chi connectivity index (χ0) is 9.61. The van der Waals surface area contributed by atoms with E-state index in [1.54, 1.807) is 14.2 Å². The number of nitrogens with one attached hydrogen (secondary N) is 1. The van der Waals surface area contributed by atoms with Gasteiger partial charge < -0.3 is 9.47 Å². The van der Waals surface area contributed by atoms with Crippen LogP contribution in [0.5, 0.6) is 0 Å². The smallest absolute Gasteiger partial charge is 0.0639 e. The Bertz CT molecular complexity index is 118. The summed E-state index contributed by atoms with van der Waals surface area (Å²) < 4.78 is 10.3. The van der Waals surface area contributed by atoms with Gasteiger partial charge in [0.05, 0.1) is 12.2 Å². The average Bonchev–Trinajstić information content (AvgIpc) is 2.03. The van der Waals surface area contributed by atoms with Crippen molar-refractivity contribution in [1.82, 2.24) is 5.43 Å². The molecule has 0 radical (unpaired) electrons. The molecule has 0 aromatic rings. The first-order valence-corrected chi connectivity index (χ1v) is 4.06. The predicted octanol–water partition coefficient (Wildman–Crippen LogP) is 0.280. The van der Waals surface area contributed by atoms with E-state index < -0.39 is 0 Å². The summed E-state index contributed by atoms with van der Waals surface area (Å²) in [6.45, 7) is 4.64. The van der Waals surface area contributed by atoms with Crippen LogP contribution >= 0.6 is 0 Å². The zero-order valence-electron chi connectivity index (χ0n) is 8.39. The van der Waals surface area contributed by atoms with E-state index in [0.29, 0.717) is 6.61 Å². The van der Waals surface area contributed by atoms with Gasteiger partial charge in [-0.25, -0.2) is 0 Å². The average molecular weight is 176 g/mol. The Morgan fingerprint density at radius 3 is 2.33 bits per heavy atom. The molecule has 3 N–H and O–H groups in total. The molecule has 0 fully saturated rings. The summed E-state index contributed by atoms with van der Waals surface area (Å²) in [5.41, 5.74) is 2.53. The van der Waals surface area contributed by atoms with Crippen molar-refractivity contribution in [2.24, 2.45) is 5.84 Å². The number of hydrogen-bond acceptors (Lipinski definition) is 4. The topological polar surface area (TPSA) is 56.5 Å². The van der Waals surface area contributed by atoms with E-state index in [1.807, 2.05) is 13.8 Å². The first kappa shape index (κ1) is 11.8. The molecule has 0 heterocycles. The van der Waals surface area contributed by atoms with E-state index >= 15 is 0 Å². The highest BCUT2D eigenvalue weighted by atomic mass is 16.5. The maximum absolute atomic E-state index is 5.34. The Morgan fingerprint density at radius 1 is 1.42 bits per heavy atom. The summed E-state index contributed by atoms with van der Waals surface area (Å²) in [6, 6.07) is 0.143. The lowest BCUT2D eigenvalue weighted by atomic mass is 10.00. The Kier molecular flexibility index (Phi) is 5.41. The standard InChI is InChI=1S/C8H20N2O2/c1-8(2,12-4)5-7(10-9)6-11-3/h7,10H,5-6,9H2,1-4H3. The van der Waals surface area contributed by atoms with Crippen molar-refractivity contribution >= 4 is 0 Å². The summed E-state index contributed by atoms with van der Waals surface area (Å²) in [4.78, 5) is 0. The van der Waals surface area contributed by atoms with Crippen LogP contribution < -0.4 is 11.3 Å². The second-order valence-electron chi connectivity index (χ2n) is 3.49. The van der Waals surface area contributed by atoms with Crippen molar-refractivity contribution in [2.45, 2.75) is 31.9 Å². The highest BCUT2D eigenvalue weighted by molar-refractivity contribution is 4.76. The minimum Gasteiger partial charge on any atom is -0.383 e. The molecule has 0 aliphatic carbocycles. The second kappa shape index (κ2) is 5.48. The van der Waals surface area contributed by atoms with Crippen LogP contribution in [0.15, 0.2) is 0 Å². The van der Waals surface area contributed by atoms with E-state index in [-0.39, 0.29) is 11.6 Å². The van der Waals surface area contributed by atoms with Gasteiger partial charge in [0.2, 0.25) is 0 Å². The molecule has 4 heteroatoms. The van der Waals surface area contributed by atoms with Crippen LogP contribution in [0.3, 0.4) is 0 Å². The summed E-state index contributed by atoms with van der Waals surface area (Å²) >= 11 is 0. The highest BCUT2D eigenvalue weighted by Crippen LogP contribution is 2.15. The highest BCUT2D eigenvalue weighted by Gasteiger charge is 2.21. The van der Waals surface area contributed by atoms with Crippen LogP contribution in [0.1, 0.15) is 20.3 Å². The zero-order valence-corrected chi connectivity index (χ0v) is 8.39. The van der Waals surface area contributed by atoms with Crippen LogP contribution in [0.25, 0.3) is 0 Å². The Hall–Kier alpha value is -0.160. The fourth-order valence-corrected chi connectivity index (χ4v) is 1.04. The number of methoxy groups -OCH3 is 2. The van der Waals surface area contributed by atoms with Gasteiger partial charge in [0.1, 0.15) is 0 Å². The summed E-state index contributed by atoms with van der Waals surface area (Å²) in [6.07, 6.45) is 0.827.